The maximum Gasteiger partial charge on any atom is 0.238 e. The molecule has 0 spiro atoms. The molecule has 2 heterocycles. The number of imide groups is 1. The van der Waals surface area contributed by atoms with E-state index in [-0.39, 0.29) is 35.5 Å². The average molecular weight is 455 g/mol. The number of nitrogens with zero attached hydrogens (tertiary/aromatic N) is 2. The van der Waals surface area contributed by atoms with Gasteiger partial charge < -0.3 is 0 Å². The molecule has 0 N–H and O–H groups in total. The Balaban J connectivity index is 1.38. The maximum absolute atomic E-state index is 13.9. The van der Waals surface area contributed by atoms with Gasteiger partial charge in [0.15, 0.2) is 0 Å². The third-order valence-corrected chi connectivity index (χ3v) is 7.68. The van der Waals surface area contributed by atoms with E-state index in [0.29, 0.717) is 11.2 Å². The summed E-state index contributed by atoms with van der Waals surface area (Å²) >= 11 is 0. The molecule has 0 radical (unpaired) electrons. The third kappa shape index (κ3) is 2.83. The van der Waals surface area contributed by atoms with Gasteiger partial charge in [0.25, 0.3) is 0 Å². The SMILES string of the molecule is O=C1[C@H]2[C@H](C(=O)N1c1cccc3cccnc13)[C@H]1C=C[C@@H]2C1=C(c1ccccc1)c1ccccc1. The van der Waals surface area contributed by atoms with Crippen LogP contribution < -0.4 is 4.90 Å². The molecule has 2 aliphatic carbocycles. The van der Waals surface area contributed by atoms with Crippen LogP contribution in [0, 0.1) is 23.7 Å². The normalized spacial score (nSPS) is 24.5. The van der Waals surface area contributed by atoms with Gasteiger partial charge in [0.2, 0.25) is 11.8 Å². The highest BCUT2D eigenvalue weighted by Crippen LogP contribution is 2.59. The number of anilines is 1. The third-order valence-electron chi connectivity index (χ3n) is 7.68. The Morgan fingerprint density at radius 1 is 0.657 bits per heavy atom. The summed E-state index contributed by atoms with van der Waals surface area (Å²) in [6.07, 6.45) is 5.99. The summed E-state index contributed by atoms with van der Waals surface area (Å²) in [5, 5.41) is 0.916. The van der Waals surface area contributed by atoms with Crippen LogP contribution in [-0.4, -0.2) is 16.8 Å². The summed E-state index contributed by atoms with van der Waals surface area (Å²) in [4.78, 5) is 33.7. The van der Waals surface area contributed by atoms with Gasteiger partial charge in [-0.05, 0) is 34.4 Å². The van der Waals surface area contributed by atoms with E-state index >= 15 is 0 Å². The van der Waals surface area contributed by atoms with Crippen molar-refractivity contribution in [1.29, 1.82) is 0 Å². The number of carbonyl (C=O) groups is 2. The van der Waals surface area contributed by atoms with Crippen LogP contribution in [0.5, 0.6) is 0 Å². The van der Waals surface area contributed by atoms with Gasteiger partial charge in [-0.15, -0.1) is 0 Å². The van der Waals surface area contributed by atoms with Crippen molar-refractivity contribution >= 4 is 34.0 Å². The second-order valence-electron chi connectivity index (χ2n) is 9.41. The fourth-order valence-electron chi connectivity index (χ4n) is 6.31. The van der Waals surface area contributed by atoms with E-state index in [1.165, 1.54) is 10.5 Å². The number of fused-ring (bicyclic) bond motifs is 6. The van der Waals surface area contributed by atoms with Gasteiger partial charge in [0, 0.05) is 23.4 Å². The van der Waals surface area contributed by atoms with Crippen molar-refractivity contribution in [2.75, 3.05) is 4.90 Å². The highest BCUT2D eigenvalue weighted by Gasteiger charge is 2.62. The lowest BCUT2D eigenvalue weighted by molar-refractivity contribution is -0.122. The van der Waals surface area contributed by atoms with Gasteiger partial charge in [0.05, 0.1) is 23.0 Å². The van der Waals surface area contributed by atoms with Crippen LogP contribution >= 0.6 is 0 Å². The molecular weight excluding hydrogens is 432 g/mol. The minimum absolute atomic E-state index is 0.0928. The molecule has 2 amide bonds. The van der Waals surface area contributed by atoms with E-state index in [2.05, 4.69) is 41.4 Å². The number of carbonyl (C=O) groups excluding carboxylic acids is 2. The van der Waals surface area contributed by atoms with Crippen LogP contribution in [0.4, 0.5) is 5.69 Å². The summed E-state index contributed by atoms with van der Waals surface area (Å²) < 4.78 is 0. The fraction of sp³-hybridized carbons (Fsp3) is 0.129. The van der Waals surface area contributed by atoms with Crippen molar-refractivity contribution in [3.05, 3.63) is 126 Å². The van der Waals surface area contributed by atoms with Crippen molar-refractivity contribution in [3.8, 4) is 0 Å². The fourth-order valence-corrected chi connectivity index (χ4v) is 6.31. The van der Waals surface area contributed by atoms with E-state index in [4.69, 9.17) is 0 Å². The molecule has 0 unspecified atom stereocenters. The van der Waals surface area contributed by atoms with Gasteiger partial charge in [0.1, 0.15) is 0 Å². The number of amides is 2. The number of hydrogen-bond acceptors (Lipinski definition) is 3. The Kier molecular flexibility index (Phi) is 4.37. The summed E-state index contributed by atoms with van der Waals surface area (Å²) in [6.45, 7) is 0. The highest BCUT2D eigenvalue weighted by atomic mass is 16.2. The largest absolute Gasteiger partial charge is 0.274 e. The van der Waals surface area contributed by atoms with Crippen molar-refractivity contribution < 1.29 is 9.59 Å². The first-order valence-corrected chi connectivity index (χ1v) is 12.0. The molecule has 3 aromatic carbocycles. The van der Waals surface area contributed by atoms with Crippen molar-refractivity contribution in [1.82, 2.24) is 4.98 Å². The van der Waals surface area contributed by atoms with Crippen LogP contribution in [0.2, 0.25) is 0 Å². The molecule has 2 fully saturated rings. The summed E-state index contributed by atoms with van der Waals surface area (Å²) in [6, 6.07) is 30.1. The number of rotatable bonds is 3. The second-order valence-corrected chi connectivity index (χ2v) is 9.41. The van der Waals surface area contributed by atoms with Gasteiger partial charge in [-0.2, -0.15) is 0 Å². The summed E-state index contributed by atoms with van der Waals surface area (Å²) in [5.41, 5.74) is 5.82. The molecule has 168 valence electrons. The average Bonchev–Trinajstić information content (AvgIpc) is 3.54. The smallest absolute Gasteiger partial charge is 0.238 e. The number of aromatic nitrogens is 1. The first-order valence-electron chi connectivity index (χ1n) is 12.0. The van der Waals surface area contributed by atoms with Crippen LogP contribution in [0.3, 0.4) is 0 Å². The van der Waals surface area contributed by atoms with Crippen LogP contribution in [0.25, 0.3) is 16.5 Å². The molecule has 3 aliphatic rings. The van der Waals surface area contributed by atoms with Crippen LogP contribution in [0.15, 0.2) is 115 Å². The molecule has 35 heavy (non-hydrogen) atoms. The van der Waals surface area contributed by atoms with Crippen molar-refractivity contribution in [2.24, 2.45) is 23.7 Å². The van der Waals surface area contributed by atoms with Gasteiger partial charge in [-0.3, -0.25) is 14.6 Å². The summed E-state index contributed by atoms with van der Waals surface area (Å²) in [7, 11) is 0. The van der Waals surface area contributed by atoms with Gasteiger partial charge in [-0.25, -0.2) is 4.90 Å². The number of pyridine rings is 1. The molecule has 4 nitrogen and oxygen atoms in total. The lowest BCUT2D eigenvalue weighted by Gasteiger charge is -2.22. The minimum Gasteiger partial charge on any atom is -0.274 e. The number of hydrogen-bond donors (Lipinski definition) is 0. The zero-order valence-electron chi connectivity index (χ0n) is 18.9. The van der Waals surface area contributed by atoms with Crippen molar-refractivity contribution in [3.63, 3.8) is 0 Å². The lowest BCUT2D eigenvalue weighted by Crippen LogP contribution is -2.33. The molecule has 1 aromatic heterocycles. The van der Waals surface area contributed by atoms with E-state index in [9.17, 15) is 9.59 Å². The molecule has 2 bridgehead atoms. The van der Waals surface area contributed by atoms with Crippen LogP contribution in [-0.2, 0) is 9.59 Å². The van der Waals surface area contributed by atoms with Crippen LogP contribution in [0.1, 0.15) is 11.1 Å². The first-order chi connectivity index (χ1) is 17.2. The van der Waals surface area contributed by atoms with Gasteiger partial charge in [-0.1, -0.05) is 91.0 Å². The summed E-state index contributed by atoms with van der Waals surface area (Å²) in [5.74, 6) is -1.18. The highest BCUT2D eigenvalue weighted by molar-refractivity contribution is 6.25. The molecule has 7 rings (SSSR count). The molecule has 1 saturated heterocycles. The predicted octanol–water partition coefficient (Wildman–Crippen LogP) is 5.66. The topological polar surface area (TPSA) is 50.3 Å². The lowest BCUT2D eigenvalue weighted by atomic mass is 9.85. The molecule has 1 saturated carbocycles. The van der Waals surface area contributed by atoms with E-state index in [1.807, 2.05) is 66.7 Å². The Morgan fingerprint density at radius 2 is 1.23 bits per heavy atom. The Bertz CT molecular complexity index is 1470. The minimum atomic E-state index is -0.381. The predicted molar refractivity (Wildman–Crippen MR) is 136 cm³/mol. The second kappa shape index (κ2) is 7.60. The van der Waals surface area contributed by atoms with E-state index in [0.717, 1.165) is 22.1 Å². The Morgan fingerprint density at radius 3 is 1.83 bits per heavy atom. The monoisotopic (exact) mass is 454 g/mol. The molecule has 4 atom stereocenters. The first kappa shape index (κ1) is 20.1. The maximum atomic E-state index is 13.9. The Hall–Kier alpha value is -4.31. The molecule has 4 aromatic rings. The molecule has 4 heteroatoms. The molecular formula is C31H22N2O2. The quantitative estimate of drug-likeness (QED) is 0.297. The Labute approximate surface area is 203 Å². The van der Waals surface area contributed by atoms with Crippen molar-refractivity contribution in [2.45, 2.75) is 0 Å². The number of benzene rings is 3. The zero-order chi connectivity index (χ0) is 23.5. The van der Waals surface area contributed by atoms with E-state index < -0.39 is 0 Å². The molecule has 1 aliphatic heterocycles. The zero-order valence-corrected chi connectivity index (χ0v) is 18.9. The number of allylic oxidation sites excluding steroid dienone is 3. The van der Waals surface area contributed by atoms with E-state index in [1.54, 1.807) is 6.20 Å². The standard InChI is InChI=1S/C31H22N2O2/c34-30-27-22-16-17-23(26(22)25(19-9-3-1-4-10-19)20-11-5-2-6-12-20)28(27)31(35)33(30)24-15-7-13-21-14-8-18-32-29(21)24/h1-18,22-23,27-28H/t22-,23+,27-,28-/m1/s1. The van der Waals surface area contributed by atoms with Gasteiger partial charge >= 0.3 is 0 Å². The number of para-hydroxylation sites is 1.